The third-order valence-electron chi connectivity index (χ3n) is 4.48. The number of benzene rings is 2. The van der Waals surface area contributed by atoms with Crippen molar-refractivity contribution >= 4 is 16.7 Å². The van der Waals surface area contributed by atoms with E-state index in [1.165, 1.54) is 16.5 Å². The molecule has 0 radical (unpaired) electrons. The van der Waals surface area contributed by atoms with E-state index in [1.807, 2.05) is 6.07 Å². The second-order valence-corrected chi connectivity index (χ2v) is 6.70. The van der Waals surface area contributed by atoms with Gasteiger partial charge >= 0.3 is 0 Å². The number of para-hydroxylation sites is 1. The highest BCUT2D eigenvalue weighted by molar-refractivity contribution is 5.81. The molecule has 0 saturated carbocycles. The largest absolute Gasteiger partial charge is 0.370 e. The van der Waals surface area contributed by atoms with Crippen LogP contribution in [0.3, 0.4) is 0 Å². The average molecular weight is 333 g/mol. The topological polar surface area (TPSA) is 28.2 Å². The highest BCUT2D eigenvalue weighted by atomic mass is 15.1. The lowest BCUT2D eigenvalue weighted by Crippen LogP contribution is -2.30. The molecule has 3 nitrogen and oxygen atoms in total. The van der Waals surface area contributed by atoms with Gasteiger partial charge in [0.05, 0.1) is 5.52 Å². The predicted octanol–water partition coefficient (Wildman–Crippen LogP) is 5.08. The van der Waals surface area contributed by atoms with Gasteiger partial charge in [-0.05, 0) is 38.5 Å². The van der Waals surface area contributed by atoms with Crippen LogP contribution in [0.15, 0.2) is 60.7 Å². The van der Waals surface area contributed by atoms with E-state index in [0.29, 0.717) is 6.04 Å². The summed E-state index contributed by atoms with van der Waals surface area (Å²) < 4.78 is 0. The predicted molar refractivity (Wildman–Crippen MR) is 107 cm³/mol. The zero-order valence-electron chi connectivity index (χ0n) is 15.4. The van der Waals surface area contributed by atoms with Crippen molar-refractivity contribution in [1.82, 2.24) is 9.88 Å². The minimum atomic E-state index is 0.459. The maximum atomic E-state index is 4.85. The normalized spacial score (nSPS) is 11.4. The fourth-order valence-corrected chi connectivity index (χ4v) is 3.06. The van der Waals surface area contributed by atoms with E-state index in [4.69, 9.17) is 4.98 Å². The summed E-state index contributed by atoms with van der Waals surface area (Å²) in [5, 5.41) is 4.64. The lowest BCUT2D eigenvalue weighted by molar-refractivity contribution is 0.204. The molecule has 0 bridgehead atoms. The van der Waals surface area contributed by atoms with Crippen molar-refractivity contribution in [3.8, 4) is 0 Å². The number of nitrogens with one attached hydrogen (secondary N) is 1. The fourth-order valence-electron chi connectivity index (χ4n) is 3.06. The van der Waals surface area contributed by atoms with E-state index < -0.39 is 0 Å². The Morgan fingerprint density at radius 2 is 1.68 bits per heavy atom. The molecule has 3 aromatic rings. The van der Waals surface area contributed by atoms with Gasteiger partial charge in [0.1, 0.15) is 5.82 Å². The van der Waals surface area contributed by atoms with Gasteiger partial charge in [-0.15, -0.1) is 0 Å². The molecule has 0 atom stereocenters. The average Bonchev–Trinajstić information content (AvgIpc) is 2.62. The van der Waals surface area contributed by atoms with Crippen LogP contribution in [0.4, 0.5) is 5.82 Å². The number of anilines is 1. The lowest BCUT2D eigenvalue weighted by atomic mass is 10.1. The molecule has 3 rings (SSSR count). The number of pyridine rings is 1. The van der Waals surface area contributed by atoms with Gasteiger partial charge in [0.15, 0.2) is 0 Å². The highest BCUT2D eigenvalue weighted by Gasteiger charge is 2.15. The van der Waals surface area contributed by atoms with Crippen molar-refractivity contribution in [1.29, 1.82) is 0 Å². The van der Waals surface area contributed by atoms with E-state index >= 15 is 0 Å². The fraction of sp³-hybridized carbons (Fsp3) is 0.318. The Hall–Kier alpha value is -2.39. The number of hydrogen-bond donors (Lipinski definition) is 1. The van der Waals surface area contributed by atoms with E-state index in [-0.39, 0.29) is 0 Å². The Morgan fingerprint density at radius 3 is 2.40 bits per heavy atom. The summed E-state index contributed by atoms with van der Waals surface area (Å²) in [4.78, 5) is 7.33. The number of fused-ring (bicyclic) bond motifs is 1. The molecule has 0 unspecified atom stereocenters. The molecule has 0 amide bonds. The molecule has 130 valence electrons. The van der Waals surface area contributed by atoms with Crippen LogP contribution in [-0.4, -0.2) is 22.5 Å². The van der Waals surface area contributed by atoms with Crippen molar-refractivity contribution in [3.05, 3.63) is 71.8 Å². The quantitative estimate of drug-likeness (QED) is 0.654. The Balaban J connectivity index is 1.91. The minimum Gasteiger partial charge on any atom is -0.370 e. The molecule has 1 N–H and O–H groups in total. The minimum absolute atomic E-state index is 0.459. The summed E-state index contributed by atoms with van der Waals surface area (Å²) in [7, 11) is 0. The molecule has 1 heterocycles. The van der Waals surface area contributed by atoms with Crippen molar-refractivity contribution in [2.24, 2.45) is 0 Å². The smallest absolute Gasteiger partial charge is 0.131 e. The van der Waals surface area contributed by atoms with Crippen molar-refractivity contribution in [3.63, 3.8) is 0 Å². The molecule has 0 aliphatic rings. The monoisotopic (exact) mass is 333 g/mol. The Kier molecular flexibility index (Phi) is 5.67. The van der Waals surface area contributed by atoms with Crippen LogP contribution < -0.4 is 5.32 Å². The third kappa shape index (κ3) is 4.37. The molecular formula is C22H27N3. The van der Waals surface area contributed by atoms with Crippen molar-refractivity contribution < 1.29 is 0 Å². The zero-order chi connectivity index (χ0) is 17.6. The lowest BCUT2D eigenvalue weighted by Gasteiger charge is -2.27. The molecular weight excluding hydrogens is 306 g/mol. The molecule has 0 fully saturated rings. The number of hydrogen-bond acceptors (Lipinski definition) is 3. The van der Waals surface area contributed by atoms with E-state index in [1.54, 1.807) is 0 Å². The summed E-state index contributed by atoms with van der Waals surface area (Å²) in [6.45, 7) is 9.32. The van der Waals surface area contributed by atoms with Crippen molar-refractivity contribution in [2.75, 3.05) is 11.9 Å². The van der Waals surface area contributed by atoms with Crippen LogP contribution in [0.5, 0.6) is 0 Å². The highest BCUT2D eigenvalue weighted by Crippen LogP contribution is 2.23. The van der Waals surface area contributed by atoms with Gasteiger partial charge in [-0.3, -0.25) is 4.90 Å². The Bertz CT molecular complexity index is 812. The van der Waals surface area contributed by atoms with Gasteiger partial charge in [0.2, 0.25) is 0 Å². The second kappa shape index (κ2) is 8.13. The Morgan fingerprint density at radius 1 is 0.960 bits per heavy atom. The summed E-state index contributed by atoms with van der Waals surface area (Å²) in [5.41, 5.74) is 3.64. The zero-order valence-corrected chi connectivity index (χ0v) is 15.4. The molecule has 25 heavy (non-hydrogen) atoms. The summed E-state index contributed by atoms with van der Waals surface area (Å²) in [5.74, 6) is 1.000. The van der Waals surface area contributed by atoms with Gasteiger partial charge in [-0.25, -0.2) is 4.98 Å². The first-order valence-electron chi connectivity index (χ1n) is 9.08. The summed E-state index contributed by atoms with van der Waals surface area (Å²) >= 11 is 0. The van der Waals surface area contributed by atoms with Gasteiger partial charge in [0, 0.05) is 36.6 Å². The second-order valence-electron chi connectivity index (χ2n) is 6.70. The van der Waals surface area contributed by atoms with Crippen LogP contribution in [0.2, 0.25) is 0 Å². The van der Waals surface area contributed by atoms with Gasteiger partial charge < -0.3 is 5.32 Å². The van der Waals surface area contributed by atoms with Gasteiger partial charge in [-0.1, -0.05) is 48.5 Å². The molecule has 0 saturated heterocycles. The molecule has 3 heteroatoms. The summed E-state index contributed by atoms with van der Waals surface area (Å²) in [6.07, 6.45) is 0. The SMILES string of the molecule is CCNc1nc2ccccc2cc1CN(Cc1ccccc1)C(C)C. The third-order valence-corrected chi connectivity index (χ3v) is 4.48. The molecule has 1 aromatic heterocycles. The molecule has 0 aliphatic heterocycles. The molecule has 0 aliphatic carbocycles. The number of aromatic nitrogens is 1. The van der Waals surface area contributed by atoms with Crippen LogP contribution in [0.25, 0.3) is 10.9 Å². The maximum Gasteiger partial charge on any atom is 0.131 e. The first kappa shape index (κ1) is 17.4. The molecule has 2 aromatic carbocycles. The number of nitrogens with zero attached hydrogens (tertiary/aromatic N) is 2. The van der Waals surface area contributed by atoms with Crippen LogP contribution in [-0.2, 0) is 13.1 Å². The first-order chi connectivity index (χ1) is 12.2. The summed E-state index contributed by atoms with van der Waals surface area (Å²) in [6, 6.07) is 21.7. The molecule has 0 spiro atoms. The number of rotatable bonds is 7. The van der Waals surface area contributed by atoms with E-state index in [0.717, 1.165) is 31.0 Å². The van der Waals surface area contributed by atoms with Crippen LogP contribution >= 0.6 is 0 Å². The maximum absolute atomic E-state index is 4.85. The van der Waals surface area contributed by atoms with Crippen molar-refractivity contribution in [2.45, 2.75) is 39.9 Å². The Labute approximate surface area is 150 Å². The first-order valence-corrected chi connectivity index (χ1v) is 9.08. The standard InChI is InChI=1S/C22H27N3/c1-4-23-22-20(14-19-12-8-9-13-21(19)24-22)16-25(17(2)3)15-18-10-6-5-7-11-18/h5-14,17H,4,15-16H2,1-3H3,(H,23,24). The van der Waals surface area contributed by atoms with Crippen LogP contribution in [0, 0.1) is 0 Å². The van der Waals surface area contributed by atoms with E-state index in [2.05, 4.69) is 85.6 Å². The van der Waals surface area contributed by atoms with Gasteiger partial charge in [0.25, 0.3) is 0 Å². The van der Waals surface area contributed by atoms with E-state index in [9.17, 15) is 0 Å². The van der Waals surface area contributed by atoms with Gasteiger partial charge in [-0.2, -0.15) is 0 Å². The van der Waals surface area contributed by atoms with Crippen LogP contribution in [0.1, 0.15) is 31.9 Å².